The molecule has 4 aromatic rings. The summed E-state index contributed by atoms with van der Waals surface area (Å²) in [5, 5.41) is 0. The Balaban J connectivity index is 1.76. The van der Waals surface area contributed by atoms with Crippen molar-refractivity contribution in [1.29, 1.82) is 0 Å². The SMILES string of the molecule is COc1ccc(-c2cncnc2-c2cc(OC)c(OC)c(OC)c2)cc1OCc1ccccc1. The molecule has 0 saturated carbocycles. The summed E-state index contributed by atoms with van der Waals surface area (Å²) in [6.45, 7) is 0.422. The number of nitrogens with zero attached hydrogens (tertiary/aromatic N) is 2. The van der Waals surface area contributed by atoms with Gasteiger partial charge in [0.05, 0.1) is 34.1 Å². The van der Waals surface area contributed by atoms with Crippen molar-refractivity contribution in [3.63, 3.8) is 0 Å². The van der Waals surface area contributed by atoms with E-state index in [1.807, 2.05) is 60.7 Å². The van der Waals surface area contributed by atoms with Crippen LogP contribution in [0.5, 0.6) is 28.7 Å². The van der Waals surface area contributed by atoms with Crippen LogP contribution in [0, 0.1) is 0 Å². The van der Waals surface area contributed by atoms with E-state index in [-0.39, 0.29) is 0 Å². The van der Waals surface area contributed by atoms with Crippen molar-refractivity contribution in [3.05, 3.63) is 78.8 Å². The molecule has 0 amide bonds. The van der Waals surface area contributed by atoms with Crippen molar-refractivity contribution in [2.45, 2.75) is 6.61 Å². The number of methoxy groups -OCH3 is 4. The van der Waals surface area contributed by atoms with E-state index < -0.39 is 0 Å². The van der Waals surface area contributed by atoms with Gasteiger partial charge in [-0.15, -0.1) is 0 Å². The average Bonchev–Trinajstić information content (AvgIpc) is 2.91. The number of rotatable bonds is 9. The van der Waals surface area contributed by atoms with Crippen LogP contribution < -0.4 is 23.7 Å². The molecule has 7 nitrogen and oxygen atoms in total. The molecule has 0 aliphatic heterocycles. The van der Waals surface area contributed by atoms with Crippen molar-refractivity contribution >= 4 is 0 Å². The summed E-state index contributed by atoms with van der Waals surface area (Å²) in [6, 6.07) is 19.5. The highest BCUT2D eigenvalue weighted by Crippen LogP contribution is 2.43. The minimum absolute atomic E-state index is 0.422. The summed E-state index contributed by atoms with van der Waals surface area (Å²) in [7, 11) is 6.37. The Bertz CT molecular complexity index is 1240. The van der Waals surface area contributed by atoms with Crippen LogP contribution in [-0.2, 0) is 6.61 Å². The van der Waals surface area contributed by atoms with Crippen molar-refractivity contribution < 1.29 is 23.7 Å². The van der Waals surface area contributed by atoms with Crippen LogP contribution in [0.1, 0.15) is 5.56 Å². The second-order valence-electron chi connectivity index (χ2n) is 7.34. The molecule has 3 aromatic carbocycles. The lowest BCUT2D eigenvalue weighted by Crippen LogP contribution is -1.99. The smallest absolute Gasteiger partial charge is 0.203 e. The second kappa shape index (κ2) is 10.6. The van der Waals surface area contributed by atoms with Gasteiger partial charge >= 0.3 is 0 Å². The Morgan fingerprint density at radius 1 is 0.676 bits per heavy atom. The fourth-order valence-corrected chi connectivity index (χ4v) is 3.68. The largest absolute Gasteiger partial charge is 0.493 e. The zero-order valence-electron chi connectivity index (χ0n) is 19.6. The summed E-state index contributed by atoms with van der Waals surface area (Å²) in [5.41, 5.74) is 4.29. The van der Waals surface area contributed by atoms with Crippen LogP contribution in [0.15, 0.2) is 73.2 Å². The van der Waals surface area contributed by atoms with Crippen molar-refractivity contribution in [2.24, 2.45) is 0 Å². The van der Waals surface area contributed by atoms with Crippen molar-refractivity contribution in [3.8, 4) is 51.1 Å². The van der Waals surface area contributed by atoms with Crippen molar-refractivity contribution in [1.82, 2.24) is 9.97 Å². The topological polar surface area (TPSA) is 71.9 Å². The Kier molecular flexibility index (Phi) is 7.13. The maximum atomic E-state index is 6.10. The molecule has 0 bridgehead atoms. The first-order valence-corrected chi connectivity index (χ1v) is 10.6. The second-order valence-corrected chi connectivity index (χ2v) is 7.34. The van der Waals surface area contributed by atoms with Gasteiger partial charge in [-0.25, -0.2) is 9.97 Å². The maximum Gasteiger partial charge on any atom is 0.203 e. The molecule has 34 heavy (non-hydrogen) atoms. The molecule has 174 valence electrons. The normalized spacial score (nSPS) is 10.5. The van der Waals surface area contributed by atoms with Gasteiger partial charge in [-0.1, -0.05) is 36.4 Å². The standard InChI is InChI=1S/C27H26N2O5/c1-30-22-11-10-19(12-23(22)34-16-18-8-6-5-7-9-18)21-15-28-17-29-26(21)20-13-24(31-2)27(33-4)25(14-20)32-3/h5-15,17H,16H2,1-4H3. The molecule has 0 radical (unpaired) electrons. The van der Waals surface area contributed by atoms with Crippen LogP contribution in [0.25, 0.3) is 22.4 Å². The highest BCUT2D eigenvalue weighted by atomic mass is 16.5. The van der Waals surface area contributed by atoms with Gasteiger partial charge in [0.25, 0.3) is 0 Å². The van der Waals surface area contributed by atoms with Crippen molar-refractivity contribution in [2.75, 3.05) is 28.4 Å². The fourth-order valence-electron chi connectivity index (χ4n) is 3.68. The first-order chi connectivity index (χ1) is 16.7. The van der Waals surface area contributed by atoms with Crippen LogP contribution in [0.3, 0.4) is 0 Å². The summed E-state index contributed by atoms with van der Waals surface area (Å²) >= 11 is 0. The molecule has 1 heterocycles. The van der Waals surface area contributed by atoms with Gasteiger partial charge in [-0.3, -0.25) is 0 Å². The van der Waals surface area contributed by atoms with Gasteiger partial charge in [0, 0.05) is 17.3 Å². The van der Waals surface area contributed by atoms with E-state index in [0.29, 0.717) is 41.0 Å². The van der Waals surface area contributed by atoms with Gasteiger partial charge in [0.15, 0.2) is 23.0 Å². The van der Waals surface area contributed by atoms with E-state index in [2.05, 4.69) is 9.97 Å². The molecule has 0 unspecified atom stereocenters. The lowest BCUT2D eigenvalue weighted by molar-refractivity contribution is 0.284. The summed E-state index contributed by atoms with van der Waals surface area (Å²) < 4.78 is 28.1. The van der Waals surface area contributed by atoms with Gasteiger partial charge < -0.3 is 23.7 Å². The first kappa shape index (κ1) is 22.9. The molecule has 7 heteroatoms. The van der Waals surface area contributed by atoms with Gasteiger partial charge in [0.2, 0.25) is 5.75 Å². The van der Waals surface area contributed by atoms with E-state index in [0.717, 1.165) is 22.3 Å². The predicted molar refractivity (Wildman–Crippen MR) is 130 cm³/mol. The Morgan fingerprint density at radius 3 is 2.00 bits per heavy atom. The van der Waals surface area contributed by atoms with Crippen LogP contribution in [-0.4, -0.2) is 38.4 Å². The van der Waals surface area contributed by atoms with Crippen LogP contribution in [0.2, 0.25) is 0 Å². The van der Waals surface area contributed by atoms with E-state index in [1.54, 1.807) is 34.6 Å². The third-order valence-electron chi connectivity index (χ3n) is 5.36. The zero-order valence-corrected chi connectivity index (χ0v) is 19.6. The predicted octanol–water partition coefficient (Wildman–Crippen LogP) is 5.42. The molecule has 0 aliphatic carbocycles. The van der Waals surface area contributed by atoms with E-state index in [9.17, 15) is 0 Å². The molecule has 0 spiro atoms. The highest BCUT2D eigenvalue weighted by molar-refractivity contribution is 5.83. The average molecular weight is 459 g/mol. The molecule has 0 aliphatic rings. The minimum Gasteiger partial charge on any atom is -0.493 e. The molecule has 0 N–H and O–H groups in total. The van der Waals surface area contributed by atoms with E-state index >= 15 is 0 Å². The lowest BCUT2D eigenvalue weighted by Gasteiger charge is -2.16. The number of hydrogen-bond donors (Lipinski definition) is 0. The number of aromatic nitrogens is 2. The fraction of sp³-hybridized carbons (Fsp3) is 0.185. The monoisotopic (exact) mass is 458 g/mol. The minimum atomic E-state index is 0.422. The van der Waals surface area contributed by atoms with E-state index in [1.165, 1.54) is 6.33 Å². The lowest BCUT2D eigenvalue weighted by atomic mass is 9.99. The van der Waals surface area contributed by atoms with Gasteiger partial charge in [-0.2, -0.15) is 0 Å². The molecule has 0 fully saturated rings. The Labute approximate surface area is 198 Å². The highest BCUT2D eigenvalue weighted by Gasteiger charge is 2.18. The number of hydrogen-bond acceptors (Lipinski definition) is 7. The summed E-state index contributed by atoms with van der Waals surface area (Å²) in [5.74, 6) is 2.88. The quantitative estimate of drug-likeness (QED) is 0.331. The summed E-state index contributed by atoms with van der Waals surface area (Å²) in [6.07, 6.45) is 3.28. The maximum absolute atomic E-state index is 6.10. The number of ether oxygens (including phenoxy) is 5. The molecule has 0 saturated heterocycles. The first-order valence-electron chi connectivity index (χ1n) is 10.6. The molecule has 1 aromatic heterocycles. The van der Waals surface area contributed by atoms with Gasteiger partial charge in [0.1, 0.15) is 12.9 Å². The molecular formula is C27H26N2O5. The Morgan fingerprint density at radius 2 is 1.35 bits per heavy atom. The molecule has 0 atom stereocenters. The van der Waals surface area contributed by atoms with Gasteiger partial charge in [-0.05, 0) is 35.4 Å². The summed E-state index contributed by atoms with van der Waals surface area (Å²) in [4.78, 5) is 8.82. The van der Waals surface area contributed by atoms with Crippen LogP contribution >= 0.6 is 0 Å². The number of benzene rings is 3. The molecule has 4 rings (SSSR count). The zero-order chi connectivity index (χ0) is 23.9. The Hall–Kier alpha value is -4.26. The van der Waals surface area contributed by atoms with Crippen LogP contribution in [0.4, 0.5) is 0 Å². The molecular weight excluding hydrogens is 432 g/mol. The third-order valence-corrected chi connectivity index (χ3v) is 5.36. The third kappa shape index (κ3) is 4.73. The van der Waals surface area contributed by atoms with E-state index in [4.69, 9.17) is 23.7 Å².